The van der Waals surface area contributed by atoms with Crippen molar-refractivity contribution >= 4 is 34.0 Å². The molecular formula is C9H9N7S2. The van der Waals surface area contributed by atoms with Gasteiger partial charge in [-0.25, -0.2) is 4.98 Å². The molecular weight excluding hydrogens is 270 g/mol. The fourth-order valence-corrected chi connectivity index (χ4v) is 3.21. The molecule has 0 aromatic carbocycles. The van der Waals surface area contributed by atoms with Crippen molar-refractivity contribution in [1.82, 2.24) is 29.8 Å². The summed E-state index contributed by atoms with van der Waals surface area (Å²) >= 11 is 2.99. The van der Waals surface area contributed by atoms with Crippen LogP contribution in [0.5, 0.6) is 0 Å². The van der Waals surface area contributed by atoms with Gasteiger partial charge in [0.25, 0.3) is 5.78 Å². The highest BCUT2D eigenvalue weighted by molar-refractivity contribution is 8.01. The first-order valence-corrected chi connectivity index (χ1v) is 6.76. The zero-order chi connectivity index (χ0) is 12.5. The van der Waals surface area contributed by atoms with E-state index in [1.165, 1.54) is 29.4 Å². The van der Waals surface area contributed by atoms with Gasteiger partial charge in [-0.1, -0.05) is 11.3 Å². The molecule has 0 aliphatic rings. The highest BCUT2D eigenvalue weighted by atomic mass is 32.2. The molecule has 0 spiro atoms. The molecule has 92 valence electrons. The van der Waals surface area contributed by atoms with E-state index in [1.807, 2.05) is 20.0 Å². The fourth-order valence-electron chi connectivity index (χ4n) is 1.41. The number of nitrogens with zero attached hydrogens (tertiary/aromatic N) is 6. The van der Waals surface area contributed by atoms with Crippen LogP contribution in [0.25, 0.3) is 5.78 Å². The lowest BCUT2D eigenvalue weighted by atomic mass is 10.5. The number of fused-ring (bicyclic) bond motifs is 1. The Labute approximate surface area is 111 Å². The Kier molecular flexibility index (Phi) is 2.84. The van der Waals surface area contributed by atoms with Crippen LogP contribution in [0.4, 0.5) is 5.13 Å². The average molecular weight is 279 g/mol. The standard InChI is InChI=1S/C9H9N7S2/c1-5-3-6(16-7(13-5)11-4-12-16)17-9-15-14-8(10-2)18-9/h3-4H,1-2H3,(H,10,14). The van der Waals surface area contributed by atoms with Crippen LogP contribution in [-0.4, -0.2) is 36.8 Å². The molecule has 3 aromatic heterocycles. The first-order chi connectivity index (χ1) is 8.76. The Morgan fingerprint density at radius 3 is 3.06 bits per heavy atom. The molecule has 18 heavy (non-hydrogen) atoms. The number of anilines is 1. The van der Waals surface area contributed by atoms with Gasteiger partial charge in [0.2, 0.25) is 5.13 Å². The van der Waals surface area contributed by atoms with Crippen LogP contribution in [0.1, 0.15) is 5.69 Å². The number of rotatable bonds is 3. The van der Waals surface area contributed by atoms with E-state index < -0.39 is 0 Å². The van der Waals surface area contributed by atoms with Crippen LogP contribution in [0.3, 0.4) is 0 Å². The van der Waals surface area contributed by atoms with Gasteiger partial charge in [0, 0.05) is 12.7 Å². The number of hydrogen-bond donors (Lipinski definition) is 1. The van der Waals surface area contributed by atoms with E-state index in [9.17, 15) is 0 Å². The molecule has 0 unspecified atom stereocenters. The molecule has 0 atom stereocenters. The topological polar surface area (TPSA) is 80.9 Å². The lowest BCUT2D eigenvalue weighted by Crippen LogP contribution is -1.96. The number of aromatic nitrogens is 6. The monoisotopic (exact) mass is 279 g/mol. The van der Waals surface area contributed by atoms with Gasteiger partial charge >= 0.3 is 0 Å². The Morgan fingerprint density at radius 1 is 1.39 bits per heavy atom. The van der Waals surface area contributed by atoms with Crippen molar-refractivity contribution in [3.63, 3.8) is 0 Å². The summed E-state index contributed by atoms with van der Waals surface area (Å²) in [7, 11) is 1.82. The van der Waals surface area contributed by atoms with Crippen LogP contribution in [-0.2, 0) is 0 Å². The molecule has 0 saturated carbocycles. The molecule has 0 aliphatic heterocycles. The number of aryl methyl sites for hydroxylation is 1. The van der Waals surface area contributed by atoms with Crippen molar-refractivity contribution < 1.29 is 0 Å². The largest absolute Gasteiger partial charge is 0.363 e. The summed E-state index contributed by atoms with van der Waals surface area (Å²) in [6, 6.07) is 1.95. The third-order valence-electron chi connectivity index (χ3n) is 2.16. The molecule has 0 aliphatic carbocycles. The molecule has 1 N–H and O–H groups in total. The predicted molar refractivity (Wildman–Crippen MR) is 69.1 cm³/mol. The molecule has 0 radical (unpaired) electrons. The summed E-state index contributed by atoms with van der Waals surface area (Å²) in [5.41, 5.74) is 0.899. The molecule has 0 fully saturated rings. The summed E-state index contributed by atoms with van der Waals surface area (Å²) in [5.74, 6) is 0.593. The van der Waals surface area contributed by atoms with Crippen molar-refractivity contribution in [3.05, 3.63) is 18.1 Å². The van der Waals surface area contributed by atoms with Gasteiger partial charge < -0.3 is 5.32 Å². The smallest absolute Gasteiger partial charge is 0.253 e. The van der Waals surface area contributed by atoms with Crippen molar-refractivity contribution in [2.45, 2.75) is 16.3 Å². The van der Waals surface area contributed by atoms with Gasteiger partial charge in [-0.05, 0) is 24.8 Å². The van der Waals surface area contributed by atoms with Crippen LogP contribution in [0, 0.1) is 6.92 Å². The molecule has 3 rings (SSSR count). The van der Waals surface area contributed by atoms with E-state index in [1.54, 1.807) is 4.52 Å². The van der Waals surface area contributed by atoms with Gasteiger partial charge in [0.05, 0.1) is 0 Å². The van der Waals surface area contributed by atoms with Crippen molar-refractivity contribution in [3.8, 4) is 0 Å². The van der Waals surface area contributed by atoms with E-state index in [0.29, 0.717) is 5.78 Å². The van der Waals surface area contributed by atoms with E-state index in [4.69, 9.17) is 0 Å². The second kappa shape index (κ2) is 4.50. The van der Waals surface area contributed by atoms with Crippen molar-refractivity contribution in [2.24, 2.45) is 0 Å². The summed E-state index contributed by atoms with van der Waals surface area (Å²) in [6.07, 6.45) is 1.49. The third kappa shape index (κ3) is 2.02. The minimum absolute atomic E-state index is 0.593. The molecule has 9 heteroatoms. The maximum absolute atomic E-state index is 4.29. The van der Waals surface area contributed by atoms with Crippen LogP contribution in [0.2, 0.25) is 0 Å². The highest BCUT2D eigenvalue weighted by Gasteiger charge is 2.10. The third-order valence-corrected chi connectivity index (χ3v) is 4.15. The van der Waals surface area contributed by atoms with Gasteiger partial charge in [-0.2, -0.15) is 14.6 Å². The summed E-state index contributed by atoms with van der Waals surface area (Å²) in [4.78, 5) is 8.38. The summed E-state index contributed by atoms with van der Waals surface area (Å²) in [5, 5.41) is 16.9. The fraction of sp³-hybridized carbons (Fsp3) is 0.222. The van der Waals surface area contributed by atoms with E-state index in [0.717, 1.165) is 20.2 Å². The van der Waals surface area contributed by atoms with E-state index in [2.05, 4.69) is 30.6 Å². The molecule has 3 aromatic rings. The molecule has 0 amide bonds. The second-order valence-corrected chi connectivity index (χ2v) is 5.68. The quantitative estimate of drug-likeness (QED) is 0.727. The first-order valence-electron chi connectivity index (χ1n) is 5.13. The minimum Gasteiger partial charge on any atom is -0.363 e. The van der Waals surface area contributed by atoms with Crippen molar-refractivity contribution in [1.29, 1.82) is 0 Å². The Morgan fingerprint density at radius 2 is 2.28 bits per heavy atom. The number of hydrogen-bond acceptors (Lipinski definition) is 8. The SMILES string of the molecule is CNc1nnc(Sc2cc(C)nc3ncnn23)s1. The highest BCUT2D eigenvalue weighted by Crippen LogP contribution is 2.31. The Bertz CT molecular complexity index is 689. The minimum atomic E-state index is 0.593. The van der Waals surface area contributed by atoms with Gasteiger partial charge in [0.1, 0.15) is 11.4 Å². The van der Waals surface area contributed by atoms with Crippen molar-refractivity contribution in [2.75, 3.05) is 12.4 Å². The van der Waals surface area contributed by atoms with Gasteiger partial charge in [0.15, 0.2) is 4.34 Å². The predicted octanol–water partition coefficient (Wildman–Crippen LogP) is 1.48. The van der Waals surface area contributed by atoms with Gasteiger partial charge in [-0.3, -0.25) is 0 Å². The Balaban J connectivity index is 2.00. The van der Waals surface area contributed by atoms with E-state index in [-0.39, 0.29) is 0 Å². The maximum Gasteiger partial charge on any atom is 0.253 e. The summed E-state index contributed by atoms with van der Waals surface area (Å²) < 4.78 is 2.54. The van der Waals surface area contributed by atoms with Crippen LogP contribution < -0.4 is 5.32 Å². The average Bonchev–Trinajstić information content (AvgIpc) is 2.97. The van der Waals surface area contributed by atoms with E-state index >= 15 is 0 Å². The van der Waals surface area contributed by atoms with Crippen LogP contribution in [0.15, 0.2) is 21.8 Å². The lowest BCUT2D eigenvalue weighted by Gasteiger charge is -2.01. The van der Waals surface area contributed by atoms with Crippen LogP contribution >= 0.6 is 23.1 Å². The lowest BCUT2D eigenvalue weighted by molar-refractivity contribution is 0.832. The molecule has 3 heterocycles. The second-order valence-electron chi connectivity index (χ2n) is 3.43. The first kappa shape index (κ1) is 11.4. The number of nitrogens with one attached hydrogen (secondary N) is 1. The normalized spacial score (nSPS) is 11.0. The molecule has 0 saturated heterocycles. The molecule has 7 nitrogen and oxygen atoms in total. The zero-order valence-electron chi connectivity index (χ0n) is 9.65. The molecule has 0 bridgehead atoms. The zero-order valence-corrected chi connectivity index (χ0v) is 11.3. The Hall–Kier alpha value is -1.74. The summed E-state index contributed by atoms with van der Waals surface area (Å²) in [6.45, 7) is 1.93. The maximum atomic E-state index is 4.29. The van der Waals surface area contributed by atoms with Gasteiger partial charge in [-0.15, -0.1) is 10.2 Å².